The minimum absolute atomic E-state index is 0.0203. The molecule has 33 heavy (non-hydrogen) atoms. The molecule has 15 heteroatoms. The molecule has 0 aliphatic carbocycles. The topological polar surface area (TPSA) is 224 Å². The summed E-state index contributed by atoms with van der Waals surface area (Å²) in [7, 11) is -8.84. The zero-order valence-electron chi connectivity index (χ0n) is 17.2. The number of fused-ring (bicyclic) bond motifs is 1. The lowest BCUT2D eigenvalue weighted by Gasteiger charge is -2.17. The molecular weight excluding hydrogens is 470 g/mol. The van der Waals surface area contributed by atoms with Crippen molar-refractivity contribution >= 4 is 42.9 Å². The van der Waals surface area contributed by atoms with E-state index in [0.717, 1.165) is 0 Å². The molecule has 174 valence electrons. The summed E-state index contributed by atoms with van der Waals surface area (Å²) in [6, 6.07) is 7.78. The Balaban J connectivity index is 2.07. The second-order valence-electron chi connectivity index (χ2n) is 7.09. The van der Waals surface area contributed by atoms with Gasteiger partial charge in [-0.1, -0.05) is 18.2 Å². The first-order valence-corrected chi connectivity index (χ1v) is 12.7. The summed E-state index contributed by atoms with van der Waals surface area (Å²) in [4.78, 5) is 10.1. The molecule has 0 fully saturated rings. The fourth-order valence-corrected chi connectivity index (χ4v) is 6.19. The summed E-state index contributed by atoms with van der Waals surface area (Å²) in [5.74, 6) is 0.0976. The van der Waals surface area contributed by atoms with Crippen LogP contribution in [-0.4, -0.2) is 52.4 Å². The molecule has 3 aromatic rings. The van der Waals surface area contributed by atoms with Crippen molar-refractivity contribution in [1.82, 2.24) is 14.7 Å². The third-order valence-electron chi connectivity index (χ3n) is 4.86. The van der Waals surface area contributed by atoms with Gasteiger partial charge in [-0.3, -0.25) is 0 Å². The first-order chi connectivity index (χ1) is 15.6. The second-order valence-corrected chi connectivity index (χ2v) is 10.3. The van der Waals surface area contributed by atoms with Crippen molar-refractivity contribution in [3.8, 4) is 11.1 Å². The van der Waals surface area contributed by atoms with Crippen molar-refractivity contribution in [3.05, 3.63) is 35.9 Å². The van der Waals surface area contributed by atoms with Crippen LogP contribution in [0.4, 0.5) is 5.95 Å². The molecule has 4 rings (SSSR count). The molecule has 1 aliphatic rings. The number of anilines is 1. The Bertz CT molecular complexity index is 1510. The number of hydrogen-bond donors (Lipinski definition) is 5. The van der Waals surface area contributed by atoms with Gasteiger partial charge in [0.25, 0.3) is 0 Å². The number of azo groups is 1. The van der Waals surface area contributed by atoms with E-state index < -0.39 is 29.8 Å². The number of rotatable bonds is 8. The van der Waals surface area contributed by atoms with Gasteiger partial charge >= 0.3 is 0 Å². The van der Waals surface area contributed by atoms with E-state index in [0.29, 0.717) is 28.6 Å². The quantitative estimate of drug-likeness (QED) is 0.276. The Morgan fingerprint density at radius 1 is 1.09 bits per heavy atom. The maximum absolute atomic E-state index is 13.0. The summed E-state index contributed by atoms with van der Waals surface area (Å²) in [6.45, 7) is 0.235. The number of hydrogen-bond acceptors (Lipinski definition) is 10. The number of primary sulfonamides is 1. The molecule has 0 bridgehead atoms. The van der Waals surface area contributed by atoms with Gasteiger partial charge in [-0.05, 0) is 30.7 Å². The van der Waals surface area contributed by atoms with Crippen LogP contribution < -0.4 is 21.3 Å². The summed E-state index contributed by atoms with van der Waals surface area (Å²) in [5.41, 5.74) is 13.0. The predicted octanol–water partition coefficient (Wildman–Crippen LogP) is 0.257. The molecular formula is C18H21N9O4S2. The molecule has 0 unspecified atom stereocenters. The van der Waals surface area contributed by atoms with Crippen molar-refractivity contribution in [2.75, 3.05) is 25.5 Å². The van der Waals surface area contributed by atoms with Crippen molar-refractivity contribution in [3.63, 3.8) is 0 Å². The van der Waals surface area contributed by atoms with Crippen LogP contribution in [-0.2, 0) is 20.0 Å². The monoisotopic (exact) mass is 491 g/mol. The number of para-hydroxylation sites is 1. The lowest BCUT2D eigenvalue weighted by molar-refractivity contribution is 0.571. The number of sulfonamides is 2. The Hall–Kier alpha value is -3.24. The highest BCUT2D eigenvalue weighted by atomic mass is 32.2. The van der Waals surface area contributed by atoms with Gasteiger partial charge in [0.15, 0.2) is 18.5 Å². The first kappa shape index (κ1) is 22.9. The van der Waals surface area contributed by atoms with E-state index in [4.69, 9.17) is 16.6 Å². The van der Waals surface area contributed by atoms with Gasteiger partial charge in [0.1, 0.15) is 9.79 Å². The average Bonchev–Trinajstić information content (AvgIpc) is 3.40. The van der Waals surface area contributed by atoms with E-state index in [2.05, 4.69) is 29.9 Å². The zero-order chi connectivity index (χ0) is 23.8. The molecule has 2 heterocycles. The molecule has 2 aromatic carbocycles. The number of amidine groups is 1. The SMILES string of the molecule is NCCCNS(=O)(=O)c1ccc(-c2cccc3[nH]c(N)nc23)c(C2=NCN=N2)c1S(N)(=O)=O. The number of nitrogens with one attached hydrogen (secondary N) is 2. The number of benzene rings is 2. The van der Waals surface area contributed by atoms with Gasteiger partial charge in [-0.25, -0.2) is 36.7 Å². The minimum Gasteiger partial charge on any atom is -0.369 e. The molecule has 0 radical (unpaired) electrons. The fourth-order valence-electron chi connectivity index (χ4n) is 3.52. The molecule has 0 spiro atoms. The highest BCUT2D eigenvalue weighted by Crippen LogP contribution is 2.37. The normalized spacial score (nSPS) is 14.2. The number of aliphatic imine (C=N–C) groups is 1. The van der Waals surface area contributed by atoms with Crippen LogP contribution in [0, 0.1) is 0 Å². The van der Waals surface area contributed by atoms with Crippen LogP contribution in [0.2, 0.25) is 0 Å². The minimum atomic E-state index is -4.57. The van der Waals surface area contributed by atoms with Crippen LogP contribution in [0.15, 0.2) is 55.3 Å². The third kappa shape index (κ3) is 4.36. The van der Waals surface area contributed by atoms with Gasteiger partial charge in [-0.15, -0.1) is 5.11 Å². The molecule has 0 saturated carbocycles. The van der Waals surface area contributed by atoms with Gasteiger partial charge in [-0.2, -0.15) is 5.11 Å². The first-order valence-electron chi connectivity index (χ1n) is 9.70. The van der Waals surface area contributed by atoms with Crippen LogP contribution in [0.1, 0.15) is 12.0 Å². The number of aromatic amines is 1. The second kappa shape index (κ2) is 8.60. The zero-order valence-corrected chi connectivity index (χ0v) is 18.8. The van der Waals surface area contributed by atoms with E-state index >= 15 is 0 Å². The van der Waals surface area contributed by atoms with Gasteiger partial charge in [0, 0.05) is 12.1 Å². The van der Waals surface area contributed by atoms with Gasteiger partial charge in [0.2, 0.25) is 20.0 Å². The summed E-state index contributed by atoms with van der Waals surface area (Å²) in [5, 5.41) is 13.2. The standard InChI is InChI=1S/C18H21N9O4S2/c19-7-2-8-24-33(30,31)13-6-5-10(11-3-1-4-12-15(11)26-18(20)25-12)14(16(13)32(21,28)29)17-22-9-23-27-17/h1,3-6,24H,2,7-9,19H2,(H3,20,25,26)(H2,21,28,29). The number of nitrogens with zero attached hydrogens (tertiary/aromatic N) is 4. The van der Waals surface area contributed by atoms with Gasteiger partial charge < -0.3 is 16.5 Å². The van der Waals surface area contributed by atoms with Crippen LogP contribution in [0.3, 0.4) is 0 Å². The van der Waals surface area contributed by atoms with E-state index in [9.17, 15) is 16.8 Å². The van der Waals surface area contributed by atoms with Crippen LogP contribution in [0.5, 0.6) is 0 Å². The number of nitrogens with two attached hydrogens (primary N) is 3. The van der Waals surface area contributed by atoms with Crippen LogP contribution >= 0.6 is 0 Å². The molecule has 0 atom stereocenters. The average molecular weight is 492 g/mol. The molecule has 13 nitrogen and oxygen atoms in total. The number of H-pyrrole nitrogens is 1. The van der Waals surface area contributed by atoms with E-state index in [1.54, 1.807) is 18.2 Å². The summed E-state index contributed by atoms with van der Waals surface area (Å²) >= 11 is 0. The summed E-state index contributed by atoms with van der Waals surface area (Å²) in [6.07, 6.45) is 0.360. The smallest absolute Gasteiger partial charge is 0.241 e. The molecule has 1 aromatic heterocycles. The lowest BCUT2D eigenvalue weighted by Crippen LogP contribution is -2.29. The highest BCUT2D eigenvalue weighted by Gasteiger charge is 2.33. The fraction of sp³-hybridized carbons (Fsp3) is 0.222. The summed E-state index contributed by atoms with van der Waals surface area (Å²) < 4.78 is 53.9. The Kier molecular flexibility index (Phi) is 5.98. The lowest BCUT2D eigenvalue weighted by atomic mass is 9.97. The number of aromatic nitrogens is 2. The Morgan fingerprint density at radius 3 is 2.55 bits per heavy atom. The van der Waals surface area contributed by atoms with Crippen molar-refractivity contribution < 1.29 is 16.8 Å². The Labute approximate surface area is 189 Å². The van der Waals surface area contributed by atoms with Crippen LogP contribution in [0.25, 0.3) is 22.2 Å². The largest absolute Gasteiger partial charge is 0.369 e. The third-order valence-corrected chi connectivity index (χ3v) is 7.49. The van der Waals surface area contributed by atoms with E-state index in [1.165, 1.54) is 12.1 Å². The van der Waals surface area contributed by atoms with Crippen molar-refractivity contribution in [2.24, 2.45) is 26.1 Å². The van der Waals surface area contributed by atoms with Gasteiger partial charge in [0.05, 0.1) is 16.6 Å². The maximum Gasteiger partial charge on any atom is 0.241 e. The van der Waals surface area contributed by atoms with E-state index in [-0.39, 0.29) is 37.1 Å². The van der Waals surface area contributed by atoms with E-state index in [1.807, 2.05) is 0 Å². The molecule has 1 aliphatic heterocycles. The molecule has 8 N–H and O–H groups in total. The van der Waals surface area contributed by atoms with Crippen molar-refractivity contribution in [2.45, 2.75) is 16.2 Å². The molecule has 0 saturated heterocycles. The number of imidazole rings is 1. The Morgan fingerprint density at radius 2 is 1.88 bits per heavy atom. The molecule has 0 amide bonds. The number of nitrogen functional groups attached to an aromatic ring is 1. The van der Waals surface area contributed by atoms with Crippen molar-refractivity contribution in [1.29, 1.82) is 0 Å². The predicted molar refractivity (Wildman–Crippen MR) is 122 cm³/mol. The maximum atomic E-state index is 13.0. The highest BCUT2D eigenvalue weighted by molar-refractivity contribution is 7.92.